The van der Waals surface area contributed by atoms with Crippen molar-refractivity contribution in [2.75, 3.05) is 0 Å². The van der Waals surface area contributed by atoms with Crippen LogP contribution >= 0.6 is 0 Å². The normalized spacial score (nSPS) is 19.1. The van der Waals surface area contributed by atoms with Gasteiger partial charge in [0.1, 0.15) is 0 Å². The molecule has 0 aliphatic carbocycles. The Bertz CT molecular complexity index is 893. The summed E-state index contributed by atoms with van der Waals surface area (Å²) in [5.74, 6) is -2.28. The zero-order valence-electron chi connectivity index (χ0n) is 14.2. The van der Waals surface area contributed by atoms with Crippen molar-refractivity contribution in [1.82, 2.24) is 10.3 Å². The van der Waals surface area contributed by atoms with Crippen LogP contribution in [0.3, 0.4) is 0 Å². The molecule has 7 heteroatoms. The molecule has 0 saturated carbocycles. The molecule has 0 radical (unpaired) electrons. The lowest BCUT2D eigenvalue weighted by atomic mass is 9.92. The van der Waals surface area contributed by atoms with Gasteiger partial charge in [0.05, 0.1) is 0 Å². The van der Waals surface area contributed by atoms with E-state index < -0.39 is 23.3 Å². The van der Waals surface area contributed by atoms with Gasteiger partial charge in [0.15, 0.2) is 5.60 Å². The van der Waals surface area contributed by atoms with E-state index in [0.29, 0.717) is 11.1 Å². The molecule has 1 aromatic heterocycles. The average molecular weight is 352 g/mol. The van der Waals surface area contributed by atoms with Crippen molar-refractivity contribution in [3.05, 3.63) is 77.6 Å². The highest BCUT2D eigenvalue weighted by Crippen LogP contribution is 2.38. The number of nitrogens with zero attached hydrogens (tertiary/aromatic N) is 1. The average Bonchev–Trinajstić information content (AvgIpc) is 2.88. The molecule has 1 aliphatic heterocycles. The number of hydrogen-bond acceptors (Lipinski definition) is 6. The maximum atomic E-state index is 12.9. The number of esters is 1. The van der Waals surface area contributed by atoms with E-state index in [9.17, 15) is 14.4 Å². The molecule has 1 aromatic carbocycles. The summed E-state index contributed by atoms with van der Waals surface area (Å²) >= 11 is 0. The number of pyridine rings is 1. The molecule has 0 fully saturated rings. The van der Waals surface area contributed by atoms with Crippen LogP contribution in [0.15, 0.2) is 66.5 Å². The number of amides is 1. The van der Waals surface area contributed by atoms with E-state index in [-0.39, 0.29) is 11.6 Å². The summed E-state index contributed by atoms with van der Waals surface area (Å²) in [5, 5.41) is 2.51. The number of ketones is 1. The van der Waals surface area contributed by atoms with Gasteiger partial charge in [-0.25, -0.2) is 0 Å². The van der Waals surface area contributed by atoms with E-state index in [1.165, 1.54) is 26.2 Å². The molecule has 0 bridgehead atoms. The molecule has 1 unspecified atom stereocenters. The Labute approximate surface area is 149 Å². The molecule has 3 rings (SSSR count). The molecular weight excluding hydrogens is 336 g/mol. The fraction of sp³-hybridized carbons (Fsp3) is 0.158. The van der Waals surface area contributed by atoms with Crippen LogP contribution < -0.4 is 5.32 Å². The highest BCUT2D eigenvalue weighted by Gasteiger charge is 2.49. The monoisotopic (exact) mass is 352 g/mol. The molecule has 2 heterocycles. The smallest absolute Gasteiger partial charge is 0.308 e. The van der Waals surface area contributed by atoms with E-state index in [2.05, 4.69) is 10.3 Å². The number of hydrogen-bond donors (Lipinski definition) is 1. The van der Waals surface area contributed by atoms with Gasteiger partial charge in [0.2, 0.25) is 11.6 Å². The first-order valence-corrected chi connectivity index (χ1v) is 7.85. The van der Waals surface area contributed by atoms with Gasteiger partial charge in [-0.3, -0.25) is 24.7 Å². The second-order valence-electron chi connectivity index (χ2n) is 5.77. The maximum absolute atomic E-state index is 12.9. The van der Waals surface area contributed by atoms with E-state index in [1.807, 2.05) is 0 Å². The first-order chi connectivity index (χ1) is 12.4. The number of nitrogens with one attached hydrogen (secondary N) is 1. The Hall–Kier alpha value is -3.48. The van der Waals surface area contributed by atoms with Crippen LogP contribution in [0.5, 0.6) is 0 Å². The van der Waals surface area contributed by atoms with Gasteiger partial charge in [0, 0.05) is 30.4 Å². The van der Waals surface area contributed by atoms with Crippen molar-refractivity contribution in [2.45, 2.75) is 19.4 Å². The summed E-state index contributed by atoms with van der Waals surface area (Å²) in [5.41, 5.74) is -0.547. The first kappa shape index (κ1) is 17.3. The standard InChI is InChI=1S/C19H16N2O5/c1-12(22)25-15-16(23)19(2,14-8-10-20-11-9-14)26-18(15)21-17(24)13-6-4-3-5-7-13/h3-11H,1-2H3,(H,21,24). The van der Waals surface area contributed by atoms with Crippen molar-refractivity contribution < 1.29 is 23.9 Å². The minimum absolute atomic E-state index is 0.196. The van der Waals surface area contributed by atoms with E-state index in [0.717, 1.165) is 0 Å². The molecule has 0 saturated heterocycles. The molecule has 1 atom stereocenters. The van der Waals surface area contributed by atoms with Crippen molar-refractivity contribution in [1.29, 1.82) is 0 Å². The molecule has 2 aromatic rings. The zero-order valence-corrected chi connectivity index (χ0v) is 14.2. The Morgan fingerprint density at radius 1 is 1.12 bits per heavy atom. The van der Waals surface area contributed by atoms with Gasteiger partial charge in [-0.1, -0.05) is 18.2 Å². The summed E-state index contributed by atoms with van der Waals surface area (Å²) in [4.78, 5) is 40.6. The summed E-state index contributed by atoms with van der Waals surface area (Å²) in [6.45, 7) is 2.70. The number of benzene rings is 1. The van der Waals surface area contributed by atoms with Crippen molar-refractivity contribution >= 4 is 17.7 Å². The number of carbonyl (C=O) groups excluding carboxylic acids is 3. The number of carbonyl (C=O) groups is 3. The Morgan fingerprint density at radius 3 is 2.38 bits per heavy atom. The maximum Gasteiger partial charge on any atom is 0.308 e. The third-order valence-electron chi connectivity index (χ3n) is 3.89. The Kier molecular flexibility index (Phi) is 4.53. The highest BCUT2D eigenvalue weighted by molar-refractivity contribution is 6.05. The molecular formula is C19H16N2O5. The number of Topliss-reactive ketones (excluding diaryl/α,β-unsaturated/α-hetero) is 1. The summed E-state index contributed by atoms with van der Waals surface area (Å²) in [6, 6.07) is 11.6. The van der Waals surface area contributed by atoms with Crippen LogP contribution in [0.4, 0.5) is 0 Å². The number of aromatic nitrogens is 1. The van der Waals surface area contributed by atoms with Crippen LogP contribution in [0.1, 0.15) is 29.8 Å². The minimum atomic E-state index is -1.44. The van der Waals surface area contributed by atoms with Gasteiger partial charge in [-0.05, 0) is 31.2 Å². The third kappa shape index (κ3) is 3.19. The van der Waals surface area contributed by atoms with Crippen LogP contribution in [-0.4, -0.2) is 22.6 Å². The molecule has 0 spiro atoms. The topological polar surface area (TPSA) is 94.6 Å². The molecule has 1 N–H and O–H groups in total. The largest absolute Gasteiger partial charge is 0.456 e. The Balaban J connectivity index is 1.94. The van der Waals surface area contributed by atoms with Crippen LogP contribution in [-0.2, 0) is 24.7 Å². The molecule has 1 amide bonds. The third-order valence-corrected chi connectivity index (χ3v) is 3.89. The number of ether oxygens (including phenoxy) is 2. The van der Waals surface area contributed by atoms with E-state index in [4.69, 9.17) is 9.47 Å². The predicted octanol–water partition coefficient (Wildman–Crippen LogP) is 2.06. The summed E-state index contributed by atoms with van der Waals surface area (Å²) in [7, 11) is 0. The predicted molar refractivity (Wildman–Crippen MR) is 90.4 cm³/mol. The second kappa shape index (κ2) is 6.79. The van der Waals surface area contributed by atoms with Gasteiger partial charge >= 0.3 is 5.97 Å². The van der Waals surface area contributed by atoms with Crippen LogP contribution in [0.2, 0.25) is 0 Å². The summed E-state index contributed by atoms with van der Waals surface area (Å²) in [6.07, 6.45) is 3.03. The molecule has 132 valence electrons. The van der Waals surface area contributed by atoms with Gasteiger partial charge in [-0.2, -0.15) is 0 Å². The lowest BCUT2D eigenvalue weighted by Gasteiger charge is -2.23. The van der Waals surface area contributed by atoms with Crippen molar-refractivity contribution in [2.24, 2.45) is 0 Å². The van der Waals surface area contributed by atoms with Crippen LogP contribution in [0, 0.1) is 0 Å². The second-order valence-corrected chi connectivity index (χ2v) is 5.77. The van der Waals surface area contributed by atoms with Gasteiger partial charge in [-0.15, -0.1) is 0 Å². The number of rotatable bonds is 4. The Morgan fingerprint density at radius 2 is 1.77 bits per heavy atom. The highest BCUT2D eigenvalue weighted by atomic mass is 16.6. The minimum Gasteiger partial charge on any atom is -0.456 e. The fourth-order valence-corrected chi connectivity index (χ4v) is 2.56. The van der Waals surface area contributed by atoms with E-state index in [1.54, 1.807) is 42.5 Å². The molecule has 26 heavy (non-hydrogen) atoms. The lowest BCUT2D eigenvalue weighted by Crippen LogP contribution is -2.32. The first-order valence-electron chi connectivity index (χ1n) is 7.85. The lowest BCUT2D eigenvalue weighted by molar-refractivity contribution is -0.142. The SMILES string of the molecule is CC(=O)OC1=C(NC(=O)c2ccccc2)OC(C)(c2ccncc2)C1=O. The summed E-state index contributed by atoms with van der Waals surface area (Å²) < 4.78 is 10.8. The van der Waals surface area contributed by atoms with Gasteiger partial charge in [0.25, 0.3) is 11.7 Å². The van der Waals surface area contributed by atoms with Crippen molar-refractivity contribution in [3.63, 3.8) is 0 Å². The van der Waals surface area contributed by atoms with Crippen LogP contribution in [0.25, 0.3) is 0 Å². The zero-order chi connectivity index (χ0) is 18.7. The van der Waals surface area contributed by atoms with Crippen molar-refractivity contribution in [3.8, 4) is 0 Å². The van der Waals surface area contributed by atoms with Gasteiger partial charge < -0.3 is 9.47 Å². The molecule has 1 aliphatic rings. The fourth-order valence-electron chi connectivity index (χ4n) is 2.56. The molecule has 7 nitrogen and oxygen atoms in total. The van der Waals surface area contributed by atoms with E-state index >= 15 is 0 Å². The quantitative estimate of drug-likeness (QED) is 0.847.